The van der Waals surface area contributed by atoms with E-state index >= 15 is 0 Å². The number of carbonyl (C=O) groups excluding carboxylic acids is 1. The molecule has 0 bridgehead atoms. The Kier molecular flexibility index (Phi) is 2.56. The zero-order valence-electron chi connectivity index (χ0n) is 8.29. The lowest BCUT2D eigenvalue weighted by Crippen LogP contribution is -2.22. The standard InChI is InChI=1S/C11H18O2/c1-8-7-10(8)11(12)13-9-5-3-2-4-6-9/h8-10H,2-7H2,1H3. The van der Waals surface area contributed by atoms with Gasteiger partial charge in [0.25, 0.3) is 0 Å². The van der Waals surface area contributed by atoms with Crippen LogP contribution in [0.15, 0.2) is 0 Å². The van der Waals surface area contributed by atoms with Crippen LogP contribution < -0.4 is 0 Å². The zero-order valence-corrected chi connectivity index (χ0v) is 8.29. The Morgan fingerprint density at radius 1 is 1.23 bits per heavy atom. The average molecular weight is 182 g/mol. The highest BCUT2D eigenvalue weighted by molar-refractivity contribution is 5.75. The van der Waals surface area contributed by atoms with Crippen molar-refractivity contribution < 1.29 is 9.53 Å². The number of ether oxygens (including phenoxy) is 1. The van der Waals surface area contributed by atoms with Gasteiger partial charge in [-0.15, -0.1) is 0 Å². The highest BCUT2D eigenvalue weighted by atomic mass is 16.5. The van der Waals surface area contributed by atoms with Gasteiger partial charge in [-0.2, -0.15) is 0 Å². The zero-order chi connectivity index (χ0) is 9.26. The molecule has 0 spiro atoms. The van der Waals surface area contributed by atoms with Gasteiger partial charge >= 0.3 is 5.97 Å². The summed E-state index contributed by atoms with van der Waals surface area (Å²) in [5.74, 6) is 0.886. The molecule has 2 atom stereocenters. The Bertz CT molecular complexity index is 194. The number of esters is 1. The summed E-state index contributed by atoms with van der Waals surface area (Å²) >= 11 is 0. The third-order valence-electron chi connectivity index (χ3n) is 3.25. The predicted molar refractivity (Wildman–Crippen MR) is 50.2 cm³/mol. The van der Waals surface area contributed by atoms with Gasteiger partial charge in [0, 0.05) is 0 Å². The van der Waals surface area contributed by atoms with Crippen LogP contribution in [0.25, 0.3) is 0 Å². The molecule has 2 saturated carbocycles. The van der Waals surface area contributed by atoms with Crippen molar-refractivity contribution in [3.8, 4) is 0 Å². The summed E-state index contributed by atoms with van der Waals surface area (Å²) in [4.78, 5) is 11.5. The van der Waals surface area contributed by atoms with Crippen LogP contribution in [0.2, 0.25) is 0 Å². The molecule has 2 rings (SSSR count). The minimum absolute atomic E-state index is 0.0689. The van der Waals surface area contributed by atoms with E-state index in [2.05, 4.69) is 6.92 Å². The molecule has 0 saturated heterocycles. The van der Waals surface area contributed by atoms with Crippen molar-refractivity contribution in [1.29, 1.82) is 0 Å². The van der Waals surface area contributed by atoms with Crippen LogP contribution in [0.4, 0.5) is 0 Å². The average Bonchev–Trinajstić information content (AvgIpc) is 2.84. The van der Waals surface area contributed by atoms with Crippen LogP contribution in [-0.2, 0) is 9.53 Å². The summed E-state index contributed by atoms with van der Waals surface area (Å²) in [6, 6.07) is 0. The molecule has 0 aromatic carbocycles. The van der Waals surface area contributed by atoms with E-state index in [0.29, 0.717) is 5.92 Å². The van der Waals surface area contributed by atoms with Crippen molar-refractivity contribution >= 4 is 5.97 Å². The molecule has 0 aromatic heterocycles. The Morgan fingerprint density at radius 3 is 2.38 bits per heavy atom. The molecular formula is C11H18O2. The van der Waals surface area contributed by atoms with Gasteiger partial charge < -0.3 is 4.74 Å². The maximum atomic E-state index is 11.5. The number of carbonyl (C=O) groups is 1. The summed E-state index contributed by atoms with van der Waals surface area (Å²) in [7, 11) is 0. The predicted octanol–water partition coefficient (Wildman–Crippen LogP) is 2.52. The topological polar surface area (TPSA) is 26.3 Å². The first-order valence-corrected chi connectivity index (χ1v) is 5.48. The molecular weight excluding hydrogens is 164 g/mol. The molecule has 2 nitrogen and oxygen atoms in total. The van der Waals surface area contributed by atoms with E-state index in [1.807, 2.05) is 0 Å². The molecule has 0 radical (unpaired) electrons. The molecule has 2 unspecified atom stereocenters. The first-order chi connectivity index (χ1) is 6.27. The molecule has 0 aliphatic heterocycles. The van der Waals surface area contributed by atoms with E-state index < -0.39 is 0 Å². The third-order valence-corrected chi connectivity index (χ3v) is 3.25. The highest BCUT2D eigenvalue weighted by Crippen LogP contribution is 2.39. The van der Waals surface area contributed by atoms with E-state index in [1.165, 1.54) is 19.3 Å². The minimum atomic E-state index is 0.0689. The molecule has 2 aliphatic carbocycles. The van der Waals surface area contributed by atoms with Crippen LogP contribution in [-0.4, -0.2) is 12.1 Å². The van der Waals surface area contributed by atoms with E-state index in [4.69, 9.17) is 4.74 Å². The van der Waals surface area contributed by atoms with Crippen LogP contribution >= 0.6 is 0 Å². The van der Waals surface area contributed by atoms with Gasteiger partial charge in [0.15, 0.2) is 0 Å². The van der Waals surface area contributed by atoms with Gasteiger partial charge in [-0.1, -0.05) is 13.3 Å². The lowest BCUT2D eigenvalue weighted by Gasteiger charge is -2.21. The Morgan fingerprint density at radius 2 is 1.85 bits per heavy atom. The first-order valence-electron chi connectivity index (χ1n) is 5.48. The van der Waals surface area contributed by atoms with Gasteiger partial charge in [0.1, 0.15) is 6.10 Å². The number of hydrogen-bond donors (Lipinski definition) is 0. The van der Waals surface area contributed by atoms with Crippen molar-refractivity contribution in [3.63, 3.8) is 0 Å². The number of rotatable bonds is 2. The molecule has 0 amide bonds. The second-order valence-electron chi connectivity index (χ2n) is 4.52. The molecule has 2 heteroatoms. The Balaban J connectivity index is 1.73. The van der Waals surface area contributed by atoms with Crippen molar-refractivity contribution in [2.75, 3.05) is 0 Å². The van der Waals surface area contributed by atoms with Crippen molar-refractivity contribution in [2.45, 2.75) is 51.6 Å². The van der Waals surface area contributed by atoms with Crippen LogP contribution in [0, 0.1) is 11.8 Å². The molecule has 0 heterocycles. The maximum absolute atomic E-state index is 11.5. The fraction of sp³-hybridized carbons (Fsp3) is 0.909. The Labute approximate surface area is 79.7 Å². The summed E-state index contributed by atoms with van der Waals surface area (Å²) in [5.41, 5.74) is 0. The van der Waals surface area contributed by atoms with Gasteiger partial charge in [-0.25, -0.2) is 0 Å². The smallest absolute Gasteiger partial charge is 0.309 e. The minimum Gasteiger partial charge on any atom is -0.462 e. The van der Waals surface area contributed by atoms with E-state index in [1.54, 1.807) is 0 Å². The molecule has 13 heavy (non-hydrogen) atoms. The fourth-order valence-corrected chi connectivity index (χ4v) is 2.09. The molecule has 74 valence electrons. The molecule has 2 fully saturated rings. The van der Waals surface area contributed by atoms with Crippen LogP contribution in [0.3, 0.4) is 0 Å². The third kappa shape index (κ3) is 2.23. The second kappa shape index (κ2) is 3.69. The molecule has 2 aliphatic rings. The second-order valence-corrected chi connectivity index (χ2v) is 4.52. The largest absolute Gasteiger partial charge is 0.462 e. The maximum Gasteiger partial charge on any atom is 0.309 e. The van der Waals surface area contributed by atoms with Crippen molar-refractivity contribution in [3.05, 3.63) is 0 Å². The first kappa shape index (κ1) is 9.04. The van der Waals surface area contributed by atoms with E-state index in [9.17, 15) is 4.79 Å². The van der Waals surface area contributed by atoms with Gasteiger partial charge in [-0.05, 0) is 38.0 Å². The summed E-state index contributed by atoms with van der Waals surface area (Å²) in [6.07, 6.45) is 7.25. The highest BCUT2D eigenvalue weighted by Gasteiger charge is 2.41. The van der Waals surface area contributed by atoms with Crippen molar-refractivity contribution in [2.24, 2.45) is 11.8 Å². The quantitative estimate of drug-likeness (QED) is 0.613. The molecule has 0 N–H and O–H groups in total. The van der Waals surface area contributed by atoms with Gasteiger partial charge in [0.2, 0.25) is 0 Å². The lowest BCUT2D eigenvalue weighted by atomic mass is 9.98. The lowest BCUT2D eigenvalue weighted by molar-refractivity contribution is -0.152. The monoisotopic (exact) mass is 182 g/mol. The molecule has 0 aromatic rings. The fourth-order valence-electron chi connectivity index (χ4n) is 2.09. The van der Waals surface area contributed by atoms with Crippen molar-refractivity contribution in [1.82, 2.24) is 0 Å². The number of hydrogen-bond acceptors (Lipinski definition) is 2. The van der Waals surface area contributed by atoms with Crippen LogP contribution in [0.1, 0.15) is 45.4 Å². The summed E-state index contributed by atoms with van der Waals surface area (Å²) in [6.45, 7) is 2.12. The van der Waals surface area contributed by atoms with Gasteiger partial charge in [-0.3, -0.25) is 4.79 Å². The normalized spacial score (nSPS) is 34.2. The SMILES string of the molecule is CC1CC1C(=O)OC1CCCCC1. The van der Waals surface area contributed by atoms with Crippen LogP contribution in [0.5, 0.6) is 0 Å². The van der Waals surface area contributed by atoms with Gasteiger partial charge in [0.05, 0.1) is 5.92 Å². The Hall–Kier alpha value is -0.530. The summed E-state index contributed by atoms with van der Waals surface area (Å²) in [5, 5.41) is 0. The summed E-state index contributed by atoms with van der Waals surface area (Å²) < 4.78 is 5.45. The van der Waals surface area contributed by atoms with E-state index in [-0.39, 0.29) is 18.0 Å². The van der Waals surface area contributed by atoms with E-state index in [0.717, 1.165) is 19.3 Å².